The Labute approximate surface area is 97.4 Å². The first-order chi connectivity index (χ1) is 6.31. The van der Waals surface area contributed by atoms with Gasteiger partial charge in [-0.1, -0.05) is 13.3 Å². The minimum Gasteiger partial charge on any atom is -0.393 e. The lowest BCUT2D eigenvalue weighted by Gasteiger charge is -2.43. The van der Waals surface area contributed by atoms with Crippen molar-refractivity contribution in [1.82, 2.24) is 4.90 Å². The van der Waals surface area contributed by atoms with Crippen molar-refractivity contribution in [1.29, 1.82) is 0 Å². The number of aliphatic hydroxyl groups excluding tert-OH is 1. The molecule has 1 saturated heterocycles. The molecule has 14 heavy (non-hydrogen) atoms. The minimum atomic E-state index is 0. The molecule has 1 N–H and O–H groups in total. The lowest BCUT2D eigenvalue weighted by Crippen LogP contribution is -2.46. The lowest BCUT2D eigenvalue weighted by atomic mass is 9.73. The van der Waals surface area contributed by atoms with Gasteiger partial charge in [-0.3, -0.25) is 0 Å². The molecule has 3 atom stereocenters. The molecule has 1 aliphatic carbocycles. The molecule has 2 fully saturated rings. The van der Waals surface area contributed by atoms with Crippen molar-refractivity contribution in [2.24, 2.45) is 11.8 Å². The van der Waals surface area contributed by atoms with Gasteiger partial charge in [0.25, 0.3) is 0 Å². The molecule has 2 aliphatic rings. The highest BCUT2D eigenvalue weighted by Gasteiger charge is 2.35. The fraction of sp³-hybridized carbons (Fsp3) is 1.00. The molecule has 1 saturated carbocycles. The first-order valence-electron chi connectivity index (χ1n) is 5.71. The van der Waals surface area contributed by atoms with Crippen LogP contribution in [0.25, 0.3) is 0 Å². The van der Waals surface area contributed by atoms with Crippen molar-refractivity contribution in [3.63, 3.8) is 0 Å². The highest BCUT2D eigenvalue weighted by atomic mass is 79.9. The molecule has 3 heteroatoms. The van der Waals surface area contributed by atoms with Gasteiger partial charge in [0.1, 0.15) is 0 Å². The molecular formula is C11H22BrNO. The summed E-state index contributed by atoms with van der Waals surface area (Å²) < 4.78 is 0. The van der Waals surface area contributed by atoms with Gasteiger partial charge in [-0.15, -0.1) is 17.0 Å². The quantitative estimate of drug-likeness (QED) is 0.783. The molecule has 2 nitrogen and oxygen atoms in total. The summed E-state index contributed by atoms with van der Waals surface area (Å²) in [5.41, 5.74) is 0. The van der Waals surface area contributed by atoms with Crippen molar-refractivity contribution in [3.8, 4) is 0 Å². The van der Waals surface area contributed by atoms with E-state index < -0.39 is 0 Å². The van der Waals surface area contributed by atoms with E-state index in [1.807, 2.05) is 0 Å². The van der Waals surface area contributed by atoms with Gasteiger partial charge in [0.05, 0.1) is 6.10 Å². The maximum absolute atomic E-state index is 9.84. The van der Waals surface area contributed by atoms with Crippen LogP contribution in [0.3, 0.4) is 0 Å². The van der Waals surface area contributed by atoms with Gasteiger partial charge in [0.2, 0.25) is 0 Å². The van der Waals surface area contributed by atoms with Gasteiger partial charge in [0.15, 0.2) is 0 Å². The summed E-state index contributed by atoms with van der Waals surface area (Å²) in [5.74, 6) is 1.41. The summed E-state index contributed by atoms with van der Waals surface area (Å²) in [7, 11) is 0. The third-order valence-electron chi connectivity index (χ3n) is 3.89. The van der Waals surface area contributed by atoms with Crippen LogP contribution in [0, 0.1) is 11.8 Å². The summed E-state index contributed by atoms with van der Waals surface area (Å²) in [6, 6.07) is 0. The Hall–Kier alpha value is 0.400. The molecule has 0 radical (unpaired) electrons. The van der Waals surface area contributed by atoms with Gasteiger partial charge >= 0.3 is 0 Å². The maximum atomic E-state index is 9.84. The highest BCUT2D eigenvalue weighted by molar-refractivity contribution is 8.93. The Bertz CT molecular complexity index is 177. The molecule has 0 bridgehead atoms. The van der Waals surface area contributed by atoms with Crippen molar-refractivity contribution >= 4 is 17.0 Å². The summed E-state index contributed by atoms with van der Waals surface area (Å²) >= 11 is 0. The van der Waals surface area contributed by atoms with Gasteiger partial charge in [-0.2, -0.15) is 0 Å². The van der Waals surface area contributed by atoms with Crippen LogP contribution in [0.4, 0.5) is 0 Å². The van der Waals surface area contributed by atoms with E-state index in [1.165, 1.54) is 38.9 Å². The number of halogens is 1. The zero-order valence-corrected chi connectivity index (χ0v) is 10.7. The summed E-state index contributed by atoms with van der Waals surface area (Å²) in [5, 5.41) is 9.84. The average molecular weight is 264 g/mol. The zero-order valence-electron chi connectivity index (χ0n) is 8.98. The smallest absolute Gasteiger partial charge is 0.0572 e. The largest absolute Gasteiger partial charge is 0.393 e. The predicted octanol–water partition coefficient (Wildman–Crippen LogP) is 2.07. The van der Waals surface area contributed by atoms with Crippen LogP contribution < -0.4 is 0 Å². The van der Waals surface area contributed by atoms with Crippen LogP contribution in [0.15, 0.2) is 0 Å². The summed E-state index contributed by atoms with van der Waals surface area (Å²) in [4.78, 5) is 2.53. The number of aliphatic hydroxyl groups is 1. The molecule has 84 valence electrons. The molecule has 1 aliphatic heterocycles. The molecule has 0 spiro atoms. The Morgan fingerprint density at radius 3 is 2.79 bits per heavy atom. The Morgan fingerprint density at radius 1 is 1.29 bits per heavy atom. The first-order valence-corrected chi connectivity index (χ1v) is 5.71. The van der Waals surface area contributed by atoms with Crippen molar-refractivity contribution in [2.45, 2.75) is 38.7 Å². The second kappa shape index (κ2) is 5.47. The zero-order chi connectivity index (χ0) is 9.26. The Kier molecular flexibility index (Phi) is 4.88. The van der Waals surface area contributed by atoms with E-state index >= 15 is 0 Å². The van der Waals surface area contributed by atoms with E-state index in [9.17, 15) is 5.11 Å². The average Bonchev–Trinajstić information content (AvgIpc) is 2.18. The number of piperidine rings is 1. The van der Waals surface area contributed by atoms with E-state index in [2.05, 4.69) is 11.8 Å². The van der Waals surface area contributed by atoms with Crippen LogP contribution in [-0.4, -0.2) is 35.7 Å². The second-order valence-corrected chi connectivity index (χ2v) is 4.60. The third-order valence-corrected chi connectivity index (χ3v) is 3.89. The van der Waals surface area contributed by atoms with E-state index in [0.29, 0.717) is 5.92 Å². The lowest BCUT2D eigenvalue weighted by molar-refractivity contribution is -0.0135. The standard InChI is InChI=1S/C11H21NO.BrH/c1-2-12-7-6-10-9(8-12)4-3-5-11(10)13;/h9-11,13H,2-8H2,1H3;1H. The normalized spacial score (nSPS) is 38.6. The van der Waals surface area contributed by atoms with Crippen LogP contribution in [0.5, 0.6) is 0 Å². The summed E-state index contributed by atoms with van der Waals surface area (Å²) in [6.07, 6.45) is 4.86. The van der Waals surface area contributed by atoms with Gasteiger partial charge in [-0.25, -0.2) is 0 Å². The Morgan fingerprint density at radius 2 is 2.07 bits per heavy atom. The van der Waals surface area contributed by atoms with Gasteiger partial charge in [0, 0.05) is 6.54 Å². The number of rotatable bonds is 1. The summed E-state index contributed by atoms with van der Waals surface area (Å²) in [6.45, 7) is 5.85. The molecule has 0 aromatic heterocycles. The minimum absolute atomic E-state index is 0. The van der Waals surface area contributed by atoms with E-state index in [0.717, 1.165) is 12.3 Å². The van der Waals surface area contributed by atoms with Crippen molar-refractivity contribution in [3.05, 3.63) is 0 Å². The highest BCUT2D eigenvalue weighted by Crippen LogP contribution is 2.36. The van der Waals surface area contributed by atoms with Gasteiger partial charge < -0.3 is 10.0 Å². The maximum Gasteiger partial charge on any atom is 0.0572 e. The molecular weight excluding hydrogens is 242 g/mol. The molecule has 2 rings (SSSR count). The van der Waals surface area contributed by atoms with E-state index in [-0.39, 0.29) is 23.1 Å². The number of fused-ring (bicyclic) bond motifs is 1. The van der Waals surface area contributed by atoms with Crippen LogP contribution >= 0.6 is 17.0 Å². The van der Waals surface area contributed by atoms with E-state index in [4.69, 9.17) is 0 Å². The van der Waals surface area contributed by atoms with E-state index in [1.54, 1.807) is 0 Å². The molecule has 3 unspecified atom stereocenters. The molecule has 1 heterocycles. The number of nitrogens with zero attached hydrogens (tertiary/aromatic N) is 1. The topological polar surface area (TPSA) is 23.5 Å². The van der Waals surface area contributed by atoms with Crippen molar-refractivity contribution in [2.75, 3.05) is 19.6 Å². The Balaban J connectivity index is 0.000000980. The second-order valence-electron chi connectivity index (χ2n) is 4.60. The van der Waals surface area contributed by atoms with Crippen LogP contribution in [0.1, 0.15) is 32.6 Å². The molecule has 0 aromatic rings. The van der Waals surface area contributed by atoms with Crippen LogP contribution in [-0.2, 0) is 0 Å². The number of hydrogen-bond donors (Lipinski definition) is 1. The fourth-order valence-corrected chi connectivity index (χ4v) is 3.03. The molecule has 0 aromatic carbocycles. The first kappa shape index (κ1) is 12.5. The van der Waals surface area contributed by atoms with Crippen molar-refractivity contribution < 1.29 is 5.11 Å². The number of likely N-dealkylation sites (tertiary alicyclic amines) is 1. The SMILES string of the molecule is Br.CCN1CCC2C(O)CCCC2C1. The fourth-order valence-electron chi connectivity index (χ4n) is 3.03. The molecule has 0 amide bonds. The predicted molar refractivity (Wildman–Crippen MR) is 63.9 cm³/mol. The number of hydrogen-bond acceptors (Lipinski definition) is 2. The third kappa shape index (κ3) is 2.50. The van der Waals surface area contributed by atoms with Gasteiger partial charge in [-0.05, 0) is 44.2 Å². The van der Waals surface area contributed by atoms with Crippen LogP contribution in [0.2, 0.25) is 0 Å². The monoisotopic (exact) mass is 263 g/mol.